The predicted octanol–water partition coefficient (Wildman–Crippen LogP) is 2.32. The van der Waals surface area contributed by atoms with E-state index in [9.17, 15) is 9.90 Å². The van der Waals surface area contributed by atoms with Crippen molar-refractivity contribution in [2.24, 2.45) is 0 Å². The molecular formula is C14H19BrN2O2. The molecule has 0 saturated carbocycles. The number of phenols is 1. The van der Waals surface area contributed by atoms with E-state index in [0.717, 1.165) is 43.6 Å². The maximum absolute atomic E-state index is 12.3. The molecule has 1 aromatic carbocycles. The number of halogens is 1. The van der Waals surface area contributed by atoms with E-state index in [-0.39, 0.29) is 11.7 Å². The fraction of sp³-hybridized carbons (Fsp3) is 0.500. The molecule has 1 fully saturated rings. The van der Waals surface area contributed by atoms with Crippen molar-refractivity contribution in [1.82, 2.24) is 9.80 Å². The van der Waals surface area contributed by atoms with Gasteiger partial charge in [-0.3, -0.25) is 9.69 Å². The maximum Gasteiger partial charge on any atom is 0.257 e. The van der Waals surface area contributed by atoms with Gasteiger partial charge in [0, 0.05) is 30.7 Å². The van der Waals surface area contributed by atoms with E-state index in [2.05, 4.69) is 27.8 Å². The molecule has 1 amide bonds. The summed E-state index contributed by atoms with van der Waals surface area (Å²) >= 11 is 3.27. The van der Waals surface area contributed by atoms with E-state index in [4.69, 9.17) is 0 Å². The first-order chi connectivity index (χ1) is 9.11. The second kappa shape index (κ2) is 6.39. The highest BCUT2D eigenvalue weighted by molar-refractivity contribution is 9.10. The molecule has 19 heavy (non-hydrogen) atoms. The molecule has 0 atom stereocenters. The van der Waals surface area contributed by atoms with E-state index in [0.29, 0.717) is 5.56 Å². The van der Waals surface area contributed by atoms with Crippen LogP contribution in [0.3, 0.4) is 0 Å². The largest absolute Gasteiger partial charge is 0.507 e. The van der Waals surface area contributed by atoms with Crippen molar-refractivity contribution in [1.29, 1.82) is 0 Å². The molecule has 0 unspecified atom stereocenters. The van der Waals surface area contributed by atoms with Gasteiger partial charge in [0.25, 0.3) is 5.91 Å². The van der Waals surface area contributed by atoms with Crippen LogP contribution in [0.15, 0.2) is 22.7 Å². The lowest BCUT2D eigenvalue weighted by Crippen LogP contribution is -2.48. The molecule has 104 valence electrons. The van der Waals surface area contributed by atoms with Crippen LogP contribution in [0, 0.1) is 0 Å². The van der Waals surface area contributed by atoms with Gasteiger partial charge in [0.05, 0.1) is 5.56 Å². The van der Waals surface area contributed by atoms with Crippen molar-refractivity contribution in [2.45, 2.75) is 13.3 Å². The normalized spacial score (nSPS) is 16.6. The molecule has 4 nitrogen and oxygen atoms in total. The minimum atomic E-state index is -0.0823. The number of carbonyl (C=O) groups is 1. The SMILES string of the molecule is CCCN1CCN(C(=O)c2ccc(Br)cc2O)CC1. The first kappa shape index (κ1) is 14.3. The van der Waals surface area contributed by atoms with E-state index in [1.54, 1.807) is 18.2 Å². The predicted molar refractivity (Wildman–Crippen MR) is 78.4 cm³/mol. The number of piperazine rings is 1. The van der Waals surface area contributed by atoms with Crippen LogP contribution in [0.1, 0.15) is 23.7 Å². The summed E-state index contributed by atoms with van der Waals surface area (Å²) in [6.45, 7) is 6.54. The van der Waals surface area contributed by atoms with Crippen LogP contribution in [-0.2, 0) is 0 Å². The number of aromatic hydroxyl groups is 1. The van der Waals surface area contributed by atoms with Crippen LogP contribution in [-0.4, -0.2) is 53.5 Å². The maximum atomic E-state index is 12.3. The first-order valence-electron chi connectivity index (χ1n) is 6.62. The Morgan fingerprint density at radius 2 is 2.00 bits per heavy atom. The average molecular weight is 327 g/mol. The summed E-state index contributed by atoms with van der Waals surface area (Å²) in [6, 6.07) is 5.00. The summed E-state index contributed by atoms with van der Waals surface area (Å²) in [6.07, 6.45) is 1.14. The van der Waals surface area contributed by atoms with Gasteiger partial charge in [0.15, 0.2) is 0 Å². The molecule has 0 bridgehead atoms. The molecule has 1 heterocycles. The summed E-state index contributed by atoms with van der Waals surface area (Å²) in [4.78, 5) is 16.5. The number of hydrogen-bond donors (Lipinski definition) is 1. The van der Waals surface area contributed by atoms with E-state index < -0.39 is 0 Å². The van der Waals surface area contributed by atoms with Crippen molar-refractivity contribution in [3.05, 3.63) is 28.2 Å². The standard InChI is InChI=1S/C14H19BrN2O2/c1-2-5-16-6-8-17(9-7-16)14(19)12-4-3-11(15)10-13(12)18/h3-4,10,18H,2,5-9H2,1H3. The van der Waals surface area contributed by atoms with Crippen molar-refractivity contribution in [3.63, 3.8) is 0 Å². The number of rotatable bonds is 3. The Morgan fingerprint density at radius 3 is 2.58 bits per heavy atom. The van der Waals surface area contributed by atoms with E-state index >= 15 is 0 Å². The van der Waals surface area contributed by atoms with Crippen molar-refractivity contribution in [2.75, 3.05) is 32.7 Å². The van der Waals surface area contributed by atoms with Gasteiger partial charge >= 0.3 is 0 Å². The molecule has 1 aliphatic heterocycles. The molecule has 0 radical (unpaired) electrons. The zero-order chi connectivity index (χ0) is 13.8. The van der Waals surface area contributed by atoms with Gasteiger partial charge in [-0.2, -0.15) is 0 Å². The smallest absolute Gasteiger partial charge is 0.257 e. The number of phenolic OH excluding ortho intramolecular Hbond substituents is 1. The molecule has 5 heteroatoms. The number of benzene rings is 1. The second-order valence-electron chi connectivity index (χ2n) is 4.80. The Hall–Kier alpha value is -1.07. The van der Waals surface area contributed by atoms with E-state index in [1.165, 1.54) is 0 Å². The minimum Gasteiger partial charge on any atom is -0.507 e. The molecular weight excluding hydrogens is 308 g/mol. The lowest BCUT2D eigenvalue weighted by molar-refractivity contribution is 0.0634. The van der Waals surface area contributed by atoms with Crippen LogP contribution >= 0.6 is 15.9 Å². The minimum absolute atomic E-state index is 0.0374. The fourth-order valence-corrected chi connectivity index (χ4v) is 2.70. The van der Waals surface area contributed by atoms with Gasteiger partial charge in [-0.15, -0.1) is 0 Å². The summed E-state index contributed by atoms with van der Waals surface area (Å²) in [5, 5.41) is 9.84. The summed E-state index contributed by atoms with van der Waals surface area (Å²) < 4.78 is 0.773. The molecule has 2 rings (SSSR count). The van der Waals surface area contributed by atoms with Crippen LogP contribution in [0.4, 0.5) is 0 Å². The molecule has 0 aromatic heterocycles. The van der Waals surface area contributed by atoms with Gasteiger partial charge in [-0.05, 0) is 31.2 Å². The third-order valence-corrected chi connectivity index (χ3v) is 3.88. The highest BCUT2D eigenvalue weighted by Gasteiger charge is 2.23. The quantitative estimate of drug-likeness (QED) is 0.927. The average Bonchev–Trinajstić information content (AvgIpc) is 2.39. The highest BCUT2D eigenvalue weighted by atomic mass is 79.9. The van der Waals surface area contributed by atoms with Crippen molar-refractivity contribution in [3.8, 4) is 5.75 Å². The monoisotopic (exact) mass is 326 g/mol. The lowest BCUT2D eigenvalue weighted by Gasteiger charge is -2.34. The van der Waals surface area contributed by atoms with E-state index in [1.807, 2.05) is 4.90 Å². The number of hydrogen-bond acceptors (Lipinski definition) is 3. The highest BCUT2D eigenvalue weighted by Crippen LogP contribution is 2.24. The van der Waals surface area contributed by atoms with Crippen LogP contribution in [0.2, 0.25) is 0 Å². The first-order valence-corrected chi connectivity index (χ1v) is 7.41. The van der Waals surface area contributed by atoms with Crippen LogP contribution in [0.5, 0.6) is 5.75 Å². The molecule has 0 aliphatic carbocycles. The van der Waals surface area contributed by atoms with Crippen molar-refractivity contribution < 1.29 is 9.90 Å². The molecule has 1 saturated heterocycles. The van der Waals surface area contributed by atoms with Crippen LogP contribution < -0.4 is 0 Å². The Balaban J connectivity index is 2.01. The summed E-state index contributed by atoms with van der Waals surface area (Å²) in [5.74, 6) is -0.0449. The van der Waals surface area contributed by atoms with Gasteiger partial charge < -0.3 is 10.0 Å². The number of carbonyl (C=O) groups excluding carboxylic acids is 1. The molecule has 0 spiro atoms. The third-order valence-electron chi connectivity index (χ3n) is 3.39. The Kier molecular flexibility index (Phi) is 4.82. The Morgan fingerprint density at radius 1 is 1.32 bits per heavy atom. The lowest BCUT2D eigenvalue weighted by atomic mass is 10.1. The molecule has 1 aromatic rings. The zero-order valence-electron chi connectivity index (χ0n) is 11.1. The van der Waals surface area contributed by atoms with Gasteiger partial charge in [-0.25, -0.2) is 0 Å². The zero-order valence-corrected chi connectivity index (χ0v) is 12.7. The van der Waals surface area contributed by atoms with Gasteiger partial charge in [0.2, 0.25) is 0 Å². The van der Waals surface area contributed by atoms with Crippen molar-refractivity contribution >= 4 is 21.8 Å². The Labute approximate surface area is 122 Å². The molecule has 1 N–H and O–H groups in total. The van der Waals surface area contributed by atoms with Crippen LogP contribution in [0.25, 0.3) is 0 Å². The topological polar surface area (TPSA) is 43.8 Å². The number of amides is 1. The summed E-state index contributed by atoms with van der Waals surface area (Å²) in [5.41, 5.74) is 0.382. The van der Waals surface area contributed by atoms with Gasteiger partial charge in [-0.1, -0.05) is 22.9 Å². The number of nitrogens with zero attached hydrogens (tertiary/aromatic N) is 2. The summed E-state index contributed by atoms with van der Waals surface area (Å²) in [7, 11) is 0. The molecule has 1 aliphatic rings. The Bertz CT molecular complexity index is 457. The third kappa shape index (κ3) is 3.48. The second-order valence-corrected chi connectivity index (χ2v) is 5.71. The fourth-order valence-electron chi connectivity index (χ4n) is 2.35. The van der Waals surface area contributed by atoms with Gasteiger partial charge in [0.1, 0.15) is 5.75 Å².